The van der Waals surface area contributed by atoms with Gasteiger partial charge in [0.15, 0.2) is 0 Å². The summed E-state index contributed by atoms with van der Waals surface area (Å²) in [6, 6.07) is 0. The van der Waals surface area contributed by atoms with Crippen LogP contribution in [0.15, 0.2) is 12.5 Å². The van der Waals surface area contributed by atoms with Gasteiger partial charge in [-0.2, -0.15) is 0 Å². The quantitative estimate of drug-likeness (QED) is 0.441. The van der Waals surface area contributed by atoms with E-state index in [1.807, 2.05) is 0 Å². The Morgan fingerprint density at radius 3 is 2.64 bits per heavy atom. The number of aliphatic carboxylic acids is 1. The highest BCUT2D eigenvalue weighted by molar-refractivity contribution is 5.80. The van der Waals surface area contributed by atoms with Crippen molar-refractivity contribution in [3.63, 3.8) is 0 Å². The van der Waals surface area contributed by atoms with Crippen molar-refractivity contribution < 1.29 is 19.4 Å². The van der Waals surface area contributed by atoms with Crippen LogP contribution in [0.25, 0.3) is 0 Å². The van der Waals surface area contributed by atoms with Crippen molar-refractivity contribution in [3.05, 3.63) is 12.5 Å². The molecule has 0 aliphatic carbocycles. The molecule has 0 spiro atoms. The van der Waals surface area contributed by atoms with Gasteiger partial charge in [0.1, 0.15) is 6.54 Å². The van der Waals surface area contributed by atoms with E-state index >= 15 is 0 Å². The molecular formula is C8H14N2O4. The maximum atomic E-state index is 10.9. The third-order valence-electron chi connectivity index (χ3n) is 1.28. The largest absolute Gasteiger partial charge is 0.498 e. The zero-order chi connectivity index (χ0) is 11.0. The van der Waals surface area contributed by atoms with Crippen LogP contribution in [0.2, 0.25) is 0 Å². The number of amides is 1. The molecule has 0 aliphatic heterocycles. The van der Waals surface area contributed by atoms with Crippen molar-refractivity contribution in [1.82, 2.24) is 4.90 Å². The summed E-state index contributed by atoms with van der Waals surface area (Å²) >= 11 is 0. The van der Waals surface area contributed by atoms with Crippen LogP contribution in [0, 0.1) is 0 Å². The molecule has 0 aromatic rings. The molecule has 6 heteroatoms. The molecule has 1 amide bonds. The Bertz CT molecular complexity index is 227. The van der Waals surface area contributed by atoms with E-state index in [4.69, 9.17) is 15.6 Å². The molecule has 0 aromatic carbocycles. The summed E-state index contributed by atoms with van der Waals surface area (Å²) in [5, 5.41) is 8.45. The van der Waals surface area contributed by atoms with Crippen LogP contribution in [-0.4, -0.2) is 41.6 Å². The summed E-state index contributed by atoms with van der Waals surface area (Å²) < 4.78 is 4.85. The Kier molecular flexibility index (Phi) is 6.13. The van der Waals surface area contributed by atoms with Crippen molar-refractivity contribution in [3.8, 4) is 0 Å². The van der Waals surface area contributed by atoms with Crippen LogP contribution >= 0.6 is 0 Å². The van der Waals surface area contributed by atoms with Crippen molar-refractivity contribution in [1.29, 1.82) is 0 Å². The molecule has 6 nitrogen and oxygen atoms in total. The molecule has 0 bridgehead atoms. The lowest BCUT2D eigenvalue weighted by atomic mass is 10.5. The van der Waals surface area contributed by atoms with Gasteiger partial charge < -0.3 is 20.5 Å². The second-order valence-electron chi connectivity index (χ2n) is 2.49. The number of carboxylic acid groups (broad SMARTS) is 1. The van der Waals surface area contributed by atoms with Gasteiger partial charge in [-0.25, -0.2) is 0 Å². The minimum atomic E-state index is -1.08. The zero-order valence-corrected chi connectivity index (χ0v) is 7.97. The number of carbonyl (C=O) groups excluding carboxylic acids is 1. The number of hydrogen-bond acceptors (Lipinski definition) is 4. The maximum absolute atomic E-state index is 10.9. The lowest BCUT2D eigenvalue weighted by Gasteiger charge is -2.12. The van der Waals surface area contributed by atoms with Gasteiger partial charge in [-0.15, -0.1) is 0 Å². The predicted molar refractivity (Wildman–Crippen MR) is 49.2 cm³/mol. The molecule has 0 fully saturated rings. The van der Waals surface area contributed by atoms with E-state index in [1.165, 1.54) is 19.4 Å². The molecule has 80 valence electrons. The third kappa shape index (κ3) is 6.01. The first kappa shape index (κ1) is 12.4. The molecule has 0 rings (SSSR count). The third-order valence-corrected chi connectivity index (χ3v) is 1.28. The van der Waals surface area contributed by atoms with Crippen molar-refractivity contribution >= 4 is 11.9 Å². The Hall–Kier alpha value is -1.56. The Labute approximate surface area is 81.9 Å². The Balaban J connectivity index is 4.02. The summed E-state index contributed by atoms with van der Waals surface area (Å²) in [6.45, 7) is 1.59. The van der Waals surface area contributed by atoms with Crippen LogP contribution in [0.5, 0.6) is 0 Å². The fourth-order valence-corrected chi connectivity index (χ4v) is 0.667. The average Bonchev–Trinajstić information content (AvgIpc) is 2.09. The van der Waals surface area contributed by atoms with Gasteiger partial charge in [-0.3, -0.25) is 9.59 Å². The van der Waals surface area contributed by atoms with E-state index in [0.717, 1.165) is 4.90 Å². The molecule has 0 aliphatic rings. The minimum Gasteiger partial charge on any atom is -0.498 e. The standard InChI is InChI=1S/C8H14N2O4/c1-7(11)10(6-8(12)13)3-5-14-4-2-9/h3,5H,2,4,6,9H2,1H3,(H,12,13). The molecule has 0 aromatic heterocycles. The highest BCUT2D eigenvalue weighted by atomic mass is 16.5. The number of hydrogen-bond donors (Lipinski definition) is 2. The van der Waals surface area contributed by atoms with Gasteiger partial charge in [0.05, 0.1) is 12.9 Å². The first-order valence-corrected chi connectivity index (χ1v) is 4.05. The molecular weight excluding hydrogens is 188 g/mol. The number of carboxylic acids is 1. The summed E-state index contributed by atoms with van der Waals surface area (Å²) in [5.41, 5.74) is 5.15. The van der Waals surface area contributed by atoms with Crippen LogP contribution in [0.1, 0.15) is 6.92 Å². The van der Waals surface area contributed by atoms with Gasteiger partial charge in [-0.1, -0.05) is 0 Å². The summed E-state index contributed by atoms with van der Waals surface area (Å²) in [4.78, 5) is 22.2. The molecule has 0 saturated carbocycles. The number of carbonyl (C=O) groups is 2. The highest BCUT2D eigenvalue weighted by Crippen LogP contribution is 1.91. The number of rotatable bonds is 6. The van der Waals surface area contributed by atoms with Crippen molar-refractivity contribution in [2.45, 2.75) is 6.92 Å². The fourth-order valence-electron chi connectivity index (χ4n) is 0.667. The first-order chi connectivity index (χ1) is 6.57. The van der Waals surface area contributed by atoms with Crippen molar-refractivity contribution in [2.24, 2.45) is 5.73 Å². The van der Waals surface area contributed by atoms with Crippen LogP contribution in [0.3, 0.4) is 0 Å². The molecule has 0 unspecified atom stereocenters. The van der Waals surface area contributed by atoms with E-state index in [9.17, 15) is 9.59 Å². The van der Waals surface area contributed by atoms with E-state index < -0.39 is 5.97 Å². The van der Waals surface area contributed by atoms with Crippen molar-refractivity contribution in [2.75, 3.05) is 19.7 Å². The summed E-state index contributed by atoms with van der Waals surface area (Å²) in [6.07, 6.45) is 2.52. The zero-order valence-electron chi connectivity index (χ0n) is 7.97. The average molecular weight is 202 g/mol. The minimum absolute atomic E-state index is 0.329. The summed E-state index contributed by atoms with van der Waals surface area (Å²) in [5.74, 6) is -1.44. The van der Waals surface area contributed by atoms with Gasteiger partial charge >= 0.3 is 5.97 Å². The van der Waals surface area contributed by atoms with Gasteiger partial charge in [0, 0.05) is 19.7 Å². The first-order valence-electron chi connectivity index (χ1n) is 4.05. The van der Waals surface area contributed by atoms with E-state index in [1.54, 1.807) is 0 Å². The van der Waals surface area contributed by atoms with E-state index in [-0.39, 0.29) is 12.5 Å². The number of nitrogens with zero attached hydrogens (tertiary/aromatic N) is 1. The number of ether oxygens (including phenoxy) is 1. The predicted octanol–water partition coefficient (Wildman–Crippen LogP) is -0.634. The molecule has 0 atom stereocenters. The summed E-state index contributed by atoms with van der Waals surface area (Å²) in [7, 11) is 0. The van der Waals surface area contributed by atoms with E-state index in [2.05, 4.69) is 0 Å². The van der Waals surface area contributed by atoms with Gasteiger partial charge in [-0.05, 0) is 0 Å². The molecule has 0 saturated heterocycles. The lowest BCUT2D eigenvalue weighted by Crippen LogP contribution is -2.29. The van der Waals surface area contributed by atoms with Gasteiger partial charge in [0.25, 0.3) is 0 Å². The Morgan fingerprint density at radius 1 is 1.57 bits per heavy atom. The van der Waals surface area contributed by atoms with Crippen LogP contribution in [-0.2, 0) is 14.3 Å². The van der Waals surface area contributed by atoms with E-state index in [0.29, 0.717) is 13.2 Å². The molecule has 0 radical (unpaired) electrons. The van der Waals surface area contributed by atoms with Crippen LogP contribution < -0.4 is 5.73 Å². The maximum Gasteiger partial charge on any atom is 0.323 e. The Morgan fingerprint density at radius 2 is 2.21 bits per heavy atom. The lowest BCUT2D eigenvalue weighted by molar-refractivity contribution is -0.141. The second-order valence-corrected chi connectivity index (χ2v) is 2.49. The number of nitrogens with two attached hydrogens (primary N) is 1. The fraction of sp³-hybridized carbons (Fsp3) is 0.500. The highest BCUT2D eigenvalue weighted by Gasteiger charge is 2.08. The topological polar surface area (TPSA) is 92.9 Å². The second kappa shape index (κ2) is 6.90. The molecule has 3 N–H and O–H groups in total. The monoisotopic (exact) mass is 202 g/mol. The molecule has 0 heterocycles. The van der Waals surface area contributed by atoms with Crippen LogP contribution in [0.4, 0.5) is 0 Å². The molecule has 14 heavy (non-hydrogen) atoms. The normalized spacial score (nSPS) is 10.1. The smallest absolute Gasteiger partial charge is 0.323 e. The van der Waals surface area contributed by atoms with Gasteiger partial charge in [0.2, 0.25) is 5.91 Å². The SMILES string of the molecule is CC(=O)N(C=COCCN)CC(=O)O.